The molecule has 0 bridgehead atoms. The maximum atomic E-state index is 9.53. The minimum Gasteiger partial charge on any atom is -0.395 e. The first-order valence-electron chi connectivity index (χ1n) is 6.98. The molecule has 4 atom stereocenters. The molecule has 0 aromatic rings. The Kier molecular flexibility index (Phi) is 3.91. The number of aliphatic hydroxyl groups excluding tert-OH is 1. The van der Waals surface area contributed by atoms with Crippen LogP contribution in [0.1, 0.15) is 46.5 Å². The van der Waals surface area contributed by atoms with Crippen molar-refractivity contribution >= 4 is 0 Å². The van der Waals surface area contributed by atoms with Crippen molar-refractivity contribution < 1.29 is 5.11 Å². The number of rotatable bonds is 2. The Morgan fingerprint density at radius 2 is 1.69 bits per heavy atom. The van der Waals surface area contributed by atoms with E-state index in [0.29, 0.717) is 18.6 Å². The van der Waals surface area contributed by atoms with Crippen molar-refractivity contribution in [1.29, 1.82) is 0 Å². The highest BCUT2D eigenvalue weighted by Gasteiger charge is 2.37. The Labute approximate surface area is 100 Å². The lowest BCUT2D eigenvalue weighted by atomic mass is 9.79. The van der Waals surface area contributed by atoms with Crippen LogP contribution in [0.15, 0.2) is 0 Å². The fourth-order valence-electron chi connectivity index (χ4n) is 3.95. The highest BCUT2D eigenvalue weighted by molar-refractivity contribution is 4.91. The van der Waals surface area contributed by atoms with E-state index in [1.54, 1.807) is 0 Å². The molecule has 1 aliphatic carbocycles. The Hall–Kier alpha value is -0.0800. The summed E-state index contributed by atoms with van der Waals surface area (Å²) in [7, 11) is 0. The number of hydrogen-bond donors (Lipinski definition) is 1. The van der Waals surface area contributed by atoms with Gasteiger partial charge in [0.25, 0.3) is 0 Å². The summed E-state index contributed by atoms with van der Waals surface area (Å²) in [5.74, 6) is 2.41. The van der Waals surface area contributed by atoms with Crippen LogP contribution in [0.2, 0.25) is 0 Å². The van der Waals surface area contributed by atoms with Gasteiger partial charge in [-0.25, -0.2) is 0 Å². The number of likely N-dealkylation sites (tertiary alicyclic amines) is 1. The van der Waals surface area contributed by atoms with E-state index in [4.69, 9.17) is 0 Å². The maximum absolute atomic E-state index is 9.53. The van der Waals surface area contributed by atoms with Crippen molar-refractivity contribution in [3.8, 4) is 0 Å². The lowest BCUT2D eigenvalue weighted by Gasteiger charge is -2.40. The molecule has 2 rings (SSSR count). The van der Waals surface area contributed by atoms with E-state index in [9.17, 15) is 5.11 Å². The van der Waals surface area contributed by atoms with Crippen LogP contribution in [0.5, 0.6) is 0 Å². The molecular weight excluding hydrogens is 198 g/mol. The highest BCUT2D eigenvalue weighted by atomic mass is 16.3. The van der Waals surface area contributed by atoms with E-state index in [1.807, 2.05) is 0 Å². The number of aliphatic hydroxyl groups is 1. The quantitative estimate of drug-likeness (QED) is 0.780. The number of hydrogen-bond acceptors (Lipinski definition) is 2. The second-order valence-corrected chi connectivity index (χ2v) is 6.32. The molecule has 1 N–H and O–H groups in total. The van der Waals surface area contributed by atoms with Gasteiger partial charge in [0.15, 0.2) is 0 Å². The standard InChI is InChI=1S/C14H27NO/c1-10-6-11(2)8-13(7-10)15-5-4-12(3)14(15)9-16/h10-14,16H,4-9H2,1-3H3. The van der Waals surface area contributed by atoms with E-state index in [1.165, 1.54) is 32.2 Å². The van der Waals surface area contributed by atoms with Crippen molar-refractivity contribution in [2.45, 2.75) is 58.5 Å². The van der Waals surface area contributed by atoms with Gasteiger partial charge in [0.05, 0.1) is 6.61 Å². The van der Waals surface area contributed by atoms with Crippen LogP contribution in [0, 0.1) is 17.8 Å². The SMILES string of the molecule is CC1CC(C)CC(N2CCC(C)C2CO)C1. The normalized spacial score (nSPS) is 46.1. The van der Waals surface area contributed by atoms with Crippen LogP contribution in [0.25, 0.3) is 0 Å². The first-order chi connectivity index (χ1) is 7.61. The molecule has 0 aromatic carbocycles. The highest BCUT2D eigenvalue weighted by Crippen LogP contribution is 2.36. The van der Waals surface area contributed by atoms with Crippen LogP contribution in [-0.2, 0) is 0 Å². The first-order valence-corrected chi connectivity index (χ1v) is 6.98. The van der Waals surface area contributed by atoms with Crippen molar-refractivity contribution in [2.24, 2.45) is 17.8 Å². The molecule has 1 aliphatic heterocycles. The fourth-order valence-corrected chi connectivity index (χ4v) is 3.95. The van der Waals surface area contributed by atoms with E-state index in [2.05, 4.69) is 25.7 Å². The summed E-state index contributed by atoms with van der Waals surface area (Å²) in [6.45, 7) is 8.61. The predicted molar refractivity (Wildman–Crippen MR) is 67.3 cm³/mol. The fraction of sp³-hybridized carbons (Fsp3) is 1.00. The average molecular weight is 225 g/mol. The van der Waals surface area contributed by atoms with Crippen molar-refractivity contribution in [1.82, 2.24) is 4.90 Å². The Morgan fingerprint density at radius 3 is 2.25 bits per heavy atom. The third-order valence-corrected chi connectivity index (χ3v) is 4.74. The first kappa shape index (κ1) is 12.4. The zero-order chi connectivity index (χ0) is 11.7. The molecule has 16 heavy (non-hydrogen) atoms. The summed E-state index contributed by atoms with van der Waals surface area (Å²) in [5, 5.41) is 9.53. The molecule has 94 valence electrons. The topological polar surface area (TPSA) is 23.5 Å². The maximum Gasteiger partial charge on any atom is 0.0589 e. The second-order valence-electron chi connectivity index (χ2n) is 6.32. The summed E-state index contributed by atoms with van der Waals surface area (Å²) in [5.41, 5.74) is 0. The monoisotopic (exact) mass is 225 g/mol. The molecule has 4 unspecified atom stereocenters. The Bertz CT molecular complexity index is 221. The molecule has 0 aromatic heterocycles. The third-order valence-electron chi connectivity index (χ3n) is 4.74. The van der Waals surface area contributed by atoms with Crippen molar-refractivity contribution in [3.05, 3.63) is 0 Å². The molecule has 2 nitrogen and oxygen atoms in total. The molecular formula is C14H27NO. The van der Waals surface area contributed by atoms with Gasteiger partial charge in [0.1, 0.15) is 0 Å². The van der Waals surface area contributed by atoms with Crippen LogP contribution >= 0.6 is 0 Å². The molecule has 1 saturated heterocycles. The minimum atomic E-state index is 0.348. The molecule has 1 saturated carbocycles. The van der Waals surface area contributed by atoms with Crippen LogP contribution in [0.4, 0.5) is 0 Å². The molecule has 2 aliphatic rings. The average Bonchev–Trinajstić information content (AvgIpc) is 2.58. The lowest BCUT2D eigenvalue weighted by molar-refractivity contribution is 0.0603. The van der Waals surface area contributed by atoms with Gasteiger partial charge in [0.2, 0.25) is 0 Å². The van der Waals surface area contributed by atoms with E-state index in [-0.39, 0.29) is 0 Å². The van der Waals surface area contributed by atoms with Gasteiger partial charge < -0.3 is 5.11 Å². The molecule has 2 fully saturated rings. The minimum absolute atomic E-state index is 0.348. The summed E-state index contributed by atoms with van der Waals surface area (Å²) in [4.78, 5) is 2.61. The molecule has 0 spiro atoms. The van der Waals surface area contributed by atoms with Crippen LogP contribution in [0.3, 0.4) is 0 Å². The van der Waals surface area contributed by atoms with E-state index in [0.717, 1.165) is 17.9 Å². The van der Waals surface area contributed by atoms with Crippen LogP contribution < -0.4 is 0 Å². The molecule has 0 radical (unpaired) electrons. The summed E-state index contributed by atoms with van der Waals surface area (Å²) in [6, 6.07) is 1.17. The third kappa shape index (κ3) is 2.43. The van der Waals surface area contributed by atoms with E-state index < -0.39 is 0 Å². The number of nitrogens with zero attached hydrogens (tertiary/aromatic N) is 1. The van der Waals surface area contributed by atoms with Crippen molar-refractivity contribution in [3.63, 3.8) is 0 Å². The van der Waals surface area contributed by atoms with E-state index >= 15 is 0 Å². The van der Waals surface area contributed by atoms with Gasteiger partial charge in [-0.05, 0) is 50.0 Å². The molecule has 0 amide bonds. The second kappa shape index (κ2) is 5.05. The molecule has 1 heterocycles. The van der Waals surface area contributed by atoms with Gasteiger partial charge in [-0.15, -0.1) is 0 Å². The van der Waals surface area contributed by atoms with Gasteiger partial charge >= 0.3 is 0 Å². The largest absolute Gasteiger partial charge is 0.395 e. The molecule has 2 heteroatoms. The van der Waals surface area contributed by atoms with Crippen molar-refractivity contribution in [2.75, 3.05) is 13.2 Å². The smallest absolute Gasteiger partial charge is 0.0589 e. The zero-order valence-electron chi connectivity index (χ0n) is 11.0. The Morgan fingerprint density at radius 1 is 1.06 bits per heavy atom. The summed E-state index contributed by atoms with van der Waals surface area (Å²) >= 11 is 0. The lowest BCUT2D eigenvalue weighted by Crippen LogP contribution is -2.45. The predicted octanol–water partition coefficient (Wildman–Crippen LogP) is 2.51. The van der Waals surface area contributed by atoms with Gasteiger partial charge in [-0.3, -0.25) is 4.90 Å². The van der Waals surface area contributed by atoms with Gasteiger partial charge in [0, 0.05) is 12.1 Å². The zero-order valence-corrected chi connectivity index (χ0v) is 11.0. The summed E-state index contributed by atoms with van der Waals surface area (Å²) < 4.78 is 0. The van der Waals surface area contributed by atoms with Gasteiger partial charge in [-0.1, -0.05) is 20.8 Å². The van der Waals surface area contributed by atoms with Crippen LogP contribution in [-0.4, -0.2) is 35.2 Å². The van der Waals surface area contributed by atoms with Gasteiger partial charge in [-0.2, -0.15) is 0 Å². The summed E-state index contributed by atoms with van der Waals surface area (Å²) in [6.07, 6.45) is 5.34. The Balaban J connectivity index is 2.00.